The van der Waals surface area contributed by atoms with E-state index in [1.54, 1.807) is 0 Å². The van der Waals surface area contributed by atoms with E-state index in [1.807, 2.05) is 13.1 Å². The van der Waals surface area contributed by atoms with Crippen LogP contribution in [0.4, 0.5) is 5.82 Å². The van der Waals surface area contributed by atoms with Gasteiger partial charge in [0.25, 0.3) is 0 Å². The van der Waals surface area contributed by atoms with Crippen LogP contribution < -0.4 is 10.6 Å². The molecule has 0 spiro atoms. The van der Waals surface area contributed by atoms with Crippen molar-refractivity contribution in [2.24, 2.45) is 5.73 Å². The summed E-state index contributed by atoms with van der Waals surface area (Å²) in [5, 5.41) is 0. The number of rotatable bonds is 5. The van der Waals surface area contributed by atoms with Crippen molar-refractivity contribution in [1.29, 1.82) is 0 Å². The van der Waals surface area contributed by atoms with Gasteiger partial charge in [0.05, 0.1) is 11.4 Å². The molecule has 0 radical (unpaired) electrons. The van der Waals surface area contributed by atoms with Gasteiger partial charge in [0, 0.05) is 18.8 Å². The van der Waals surface area contributed by atoms with Crippen LogP contribution in [0.2, 0.25) is 0 Å². The van der Waals surface area contributed by atoms with Crippen molar-refractivity contribution >= 4 is 5.82 Å². The van der Waals surface area contributed by atoms with E-state index in [1.165, 1.54) is 38.5 Å². The summed E-state index contributed by atoms with van der Waals surface area (Å²) in [7, 11) is 0. The van der Waals surface area contributed by atoms with Gasteiger partial charge in [-0.05, 0) is 39.7 Å². The number of hydrogen-bond acceptors (Lipinski definition) is 4. The fourth-order valence-corrected chi connectivity index (χ4v) is 3.09. The lowest BCUT2D eigenvalue weighted by molar-refractivity contribution is 0.513. The van der Waals surface area contributed by atoms with Gasteiger partial charge in [-0.15, -0.1) is 0 Å². The average Bonchev–Trinajstić information content (AvgIpc) is 2.72. The molecule has 0 unspecified atom stereocenters. The first kappa shape index (κ1) is 15.2. The highest BCUT2D eigenvalue weighted by Gasteiger charge is 2.22. The highest BCUT2D eigenvalue weighted by Crippen LogP contribution is 2.27. The molecule has 1 aliphatic rings. The second-order valence-electron chi connectivity index (χ2n) is 5.90. The van der Waals surface area contributed by atoms with Crippen molar-refractivity contribution in [3.63, 3.8) is 0 Å². The molecule has 1 aromatic heterocycles. The highest BCUT2D eigenvalue weighted by molar-refractivity contribution is 5.44. The van der Waals surface area contributed by atoms with Crippen LogP contribution in [0.1, 0.15) is 56.3 Å². The Morgan fingerprint density at radius 3 is 2.55 bits per heavy atom. The molecule has 20 heavy (non-hydrogen) atoms. The van der Waals surface area contributed by atoms with Gasteiger partial charge in [-0.1, -0.05) is 25.7 Å². The number of nitrogens with zero attached hydrogens (tertiary/aromatic N) is 3. The second kappa shape index (κ2) is 7.58. The summed E-state index contributed by atoms with van der Waals surface area (Å²) >= 11 is 0. The molecule has 1 aromatic rings. The van der Waals surface area contributed by atoms with Crippen molar-refractivity contribution < 1.29 is 0 Å². The molecule has 0 bridgehead atoms. The molecule has 0 amide bonds. The van der Waals surface area contributed by atoms with Gasteiger partial charge in [-0.2, -0.15) is 0 Å². The van der Waals surface area contributed by atoms with E-state index in [9.17, 15) is 0 Å². The van der Waals surface area contributed by atoms with Crippen LogP contribution in [0.25, 0.3) is 0 Å². The van der Waals surface area contributed by atoms with Crippen molar-refractivity contribution in [1.82, 2.24) is 9.97 Å². The molecule has 4 heteroatoms. The molecule has 1 aliphatic carbocycles. The Labute approximate surface area is 122 Å². The lowest BCUT2D eigenvalue weighted by atomic mass is 10.1. The molecule has 2 N–H and O–H groups in total. The zero-order valence-corrected chi connectivity index (χ0v) is 12.9. The van der Waals surface area contributed by atoms with Gasteiger partial charge in [0.2, 0.25) is 0 Å². The van der Waals surface area contributed by atoms with Gasteiger partial charge in [-0.3, -0.25) is 4.98 Å². The molecule has 0 saturated heterocycles. The number of hydrogen-bond donors (Lipinski definition) is 1. The molecule has 0 aromatic carbocycles. The van der Waals surface area contributed by atoms with E-state index in [0.29, 0.717) is 6.04 Å². The monoisotopic (exact) mass is 276 g/mol. The van der Waals surface area contributed by atoms with Crippen LogP contribution in [0, 0.1) is 13.8 Å². The van der Waals surface area contributed by atoms with Crippen molar-refractivity contribution in [3.05, 3.63) is 17.6 Å². The SMILES string of the molecule is Cc1cnc(C)c(N(CCCN)C2CCCCCC2)n1. The molecule has 4 nitrogen and oxygen atoms in total. The Bertz CT molecular complexity index is 411. The zero-order chi connectivity index (χ0) is 14.4. The molecule has 0 atom stereocenters. The predicted molar refractivity (Wildman–Crippen MR) is 84.0 cm³/mol. The van der Waals surface area contributed by atoms with E-state index >= 15 is 0 Å². The van der Waals surface area contributed by atoms with E-state index in [0.717, 1.165) is 36.7 Å². The Morgan fingerprint density at radius 1 is 1.20 bits per heavy atom. The lowest BCUT2D eigenvalue weighted by Gasteiger charge is -2.33. The fraction of sp³-hybridized carbons (Fsp3) is 0.750. The minimum atomic E-state index is 0.610. The van der Waals surface area contributed by atoms with Crippen molar-refractivity contribution in [2.45, 2.75) is 64.8 Å². The molecule has 1 heterocycles. The summed E-state index contributed by atoms with van der Waals surface area (Å²) < 4.78 is 0. The third-order valence-electron chi connectivity index (χ3n) is 4.19. The standard InChI is InChI=1S/C16H28N4/c1-13-12-18-14(2)16(19-13)20(11-7-10-17)15-8-5-3-4-6-9-15/h12,15H,3-11,17H2,1-2H3. The van der Waals surface area contributed by atoms with Crippen LogP contribution in [-0.2, 0) is 0 Å². The van der Waals surface area contributed by atoms with Crippen LogP contribution in [0.15, 0.2) is 6.20 Å². The van der Waals surface area contributed by atoms with Crippen LogP contribution in [0.5, 0.6) is 0 Å². The van der Waals surface area contributed by atoms with Gasteiger partial charge in [0.1, 0.15) is 0 Å². The van der Waals surface area contributed by atoms with E-state index < -0.39 is 0 Å². The minimum Gasteiger partial charge on any atom is -0.352 e. The molecule has 2 rings (SSSR count). The van der Waals surface area contributed by atoms with Crippen molar-refractivity contribution in [2.75, 3.05) is 18.0 Å². The third-order valence-corrected chi connectivity index (χ3v) is 4.19. The first-order valence-electron chi connectivity index (χ1n) is 7.99. The topological polar surface area (TPSA) is 55.0 Å². The number of nitrogens with two attached hydrogens (primary N) is 1. The van der Waals surface area contributed by atoms with Gasteiger partial charge in [0.15, 0.2) is 5.82 Å². The summed E-state index contributed by atoms with van der Waals surface area (Å²) in [4.78, 5) is 11.7. The molecule has 112 valence electrons. The average molecular weight is 276 g/mol. The van der Waals surface area contributed by atoms with Crippen LogP contribution >= 0.6 is 0 Å². The maximum Gasteiger partial charge on any atom is 0.150 e. The van der Waals surface area contributed by atoms with Crippen molar-refractivity contribution in [3.8, 4) is 0 Å². The summed E-state index contributed by atoms with van der Waals surface area (Å²) in [6.45, 7) is 5.82. The summed E-state index contributed by atoms with van der Waals surface area (Å²) in [5.74, 6) is 1.07. The van der Waals surface area contributed by atoms with Crippen LogP contribution in [0.3, 0.4) is 0 Å². The molecular formula is C16H28N4. The smallest absolute Gasteiger partial charge is 0.150 e. The molecule has 1 saturated carbocycles. The Morgan fingerprint density at radius 2 is 1.90 bits per heavy atom. The van der Waals surface area contributed by atoms with E-state index in [4.69, 9.17) is 10.7 Å². The summed E-state index contributed by atoms with van der Waals surface area (Å²) in [5.41, 5.74) is 7.76. The second-order valence-corrected chi connectivity index (χ2v) is 5.90. The Kier molecular flexibility index (Phi) is 5.77. The Balaban J connectivity index is 2.22. The van der Waals surface area contributed by atoms with Crippen LogP contribution in [-0.4, -0.2) is 29.1 Å². The van der Waals surface area contributed by atoms with E-state index in [2.05, 4.69) is 16.8 Å². The number of anilines is 1. The molecular weight excluding hydrogens is 248 g/mol. The first-order chi connectivity index (χ1) is 9.72. The lowest BCUT2D eigenvalue weighted by Crippen LogP contribution is -2.38. The highest BCUT2D eigenvalue weighted by atomic mass is 15.2. The zero-order valence-electron chi connectivity index (χ0n) is 12.9. The van der Waals surface area contributed by atoms with Gasteiger partial charge < -0.3 is 10.6 Å². The number of aromatic nitrogens is 2. The largest absolute Gasteiger partial charge is 0.352 e. The summed E-state index contributed by atoms with van der Waals surface area (Å²) in [6.07, 6.45) is 10.8. The molecule has 1 fully saturated rings. The van der Waals surface area contributed by atoms with Gasteiger partial charge >= 0.3 is 0 Å². The summed E-state index contributed by atoms with van der Waals surface area (Å²) in [6, 6.07) is 0.610. The fourth-order valence-electron chi connectivity index (χ4n) is 3.09. The van der Waals surface area contributed by atoms with Gasteiger partial charge in [-0.25, -0.2) is 4.98 Å². The third kappa shape index (κ3) is 3.92. The maximum atomic E-state index is 5.72. The quantitative estimate of drug-likeness (QED) is 0.840. The maximum absolute atomic E-state index is 5.72. The first-order valence-corrected chi connectivity index (χ1v) is 7.99. The predicted octanol–water partition coefficient (Wildman–Crippen LogP) is 2.97. The number of aryl methyl sites for hydroxylation is 2. The Hall–Kier alpha value is -1.16. The van der Waals surface area contributed by atoms with E-state index in [-0.39, 0.29) is 0 Å². The molecule has 0 aliphatic heterocycles. The normalized spacial score (nSPS) is 16.9. The minimum absolute atomic E-state index is 0.610.